The van der Waals surface area contributed by atoms with Gasteiger partial charge in [-0.1, -0.05) is 17.3 Å². The molecule has 8 nitrogen and oxygen atoms in total. The monoisotopic (exact) mass is 540 g/mol. The van der Waals surface area contributed by atoms with Crippen molar-refractivity contribution in [2.24, 2.45) is 7.05 Å². The molecule has 0 atom stereocenters. The van der Waals surface area contributed by atoms with E-state index in [0.717, 1.165) is 30.2 Å². The summed E-state index contributed by atoms with van der Waals surface area (Å²) in [7, 11) is 1.90. The van der Waals surface area contributed by atoms with Crippen molar-refractivity contribution in [2.75, 3.05) is 5.32 Å². The Hall–Kier alpha value is -4.09. The maximum atomic E-state index is 14.8. The summed E-state index contributed by atoms with van der Waals surface area (Å²) in [6.45, 7) is 0. The molecule has 0 aliphatic heterocycles. The van der Waals surface area contributed by atoms with E-state index in [1.165, 1.54) is 12.1 Å². The van der Waals surface area contributed by atoms with E-state index in [0.29, 0.717) is 29.3 Å². The van der Waals surface area contributed by atoms with Crippen LogP contribution in [0.4, 0.5) is 23.4 Å². The summed E-state index contributed by atoms with van der Waals surface area (Å²) in [6, 6.07) is 5.50. The third-order valence-electron chi connectivity index (χ3n) is 7.23. The van der Waals surface area contributed by atoms with Crippen molar-refractivity contribution in [2.45, 2.75) is 56.0 Å². The molecule has 0 radical (unpaired) electrons. The summed E-state index contributed by atoms with van der Waals surface area (Å²) in [5, 5.41) is 10.5. The average Bonchev–Trinajstić information content (AvgIpc) is 3.81. The Morgan fingerprint density at radius 2 is 1.87 bits per heavy atom. The molecule has 2 saturated carbocycles. The molecule has 3 heterocycles. The van der Waals surface area contributed by atoms with Crippen LogP contribution in [0, 0.1) is 5.82 Å². The Labute approximate surface area is 220 Å². The van der Waals surface area contributed by atoms with Crippen molar-refractivity contribution in [3.63, 3.8) is 0 Å². The van der Waals surface area contributed by atoms with E-state index in [1.54, 1.807) is 18.5 Å². The van der Waals surface area contributed by atoms with Crippen LogP contribution in [-0.2, 0) is 30.1 Å². The lowest BCUT2D eigenvalue weighted by molar-refractivity contribution is -0.165. The molecular weight excluding hydrogens is 516 g/mol. The average molecular weight is 541 g/mol. The van der Waals surface area contributed by atoms with Gasteiger partial charge in [0.05, 0.1) is 12.1 Å². The van der Waals surface area contributed by atoms with Gasteiger partial charge in [-0.15, -0.1) is 0 Å². The second-order valence-corrected chi connectivity index (χ2v) is 10.2. The van der Waals surface area contributed by atoms with Crippen molar-refractivity contribution in [1.82, 2.24) is 24.9 Å². The molecule has 3 aromatic heterocycles. The summed E-state index contributed by atoms with van der Waals surface area (Å²) >= 11 is 0. The van der Waals surface area contributed by atoms with Crippen LogP contribution >= 0.6 is 0 Å². The molecule has 2 aliphatic rings. The number of aryl methyl sites for hydroxylation is 1. The van der Waals surface area contributed by atoms with Gasteiger partial charge < -0.3 is 9.84 Å². The van der Waals surface area contributed by atoms with Crippen molar-refractivity contribution < 1.29 is 26.9 Å². The Balaban J connectivity index is 1.09. The van der Waals surface area contributed by atoms with Crippen LogP contribution in [0.15, 0.2) is 47.4 Å². The highest BCUT2D eigenvalue weighted by Gasteiger charge is 2.66. The maximum Gasteiger partial charge on any atom is 0.401 e. The van der Waals surface area contributed by atoms with Crippen molar-refractivity contribution >= 4 is 11.7 Å². The van der Waals surface area contributed by atoms with Crippen LogP contribution in [0.25, 0.3) is 11.1 Å². The molecule has 1 aromatic carbocycles. The van der Waals surface area contributed by atoms with Crippen molar-refractivity contribution in [3.8, 4) is 11.1 Å². The van der Waals surface area contributed by atoms with Gasteiger partial charge in [0.25, 0.3) is 0 Å². The van der Waals surface area contributed by atoms with Crippen LogP contribution in [0.3, 0.4) is 0 Å². The molecule has 4 aromatic rings. The Morgan fingerprint density at radius 3 is 2.51 bits per heavy atom. The molecular formula is C27H24F4N6O2. The predicted molar refractivity (Wildman–Crippen MR) is 131 cm³/mol. The highest BCUT2D eigenvalue weighted by Crippen LogP contribution is 2.59. The lowest BCUT2D eigenvalue weighted by atomic mass is 10.0. The van der Waals surface area contributed by atoms with Crippen molar-refractivity contribution in [3.05, 3.63) is 77.1 Å². The SMILES string of the molecule is Cn1cc(Cc2ncc(-c3ccc(CC(=O)Nc4cc(C5(C(F)(F)F)CC5)on4)c(F)c3)cn2)c(C2CC2)n1. The third-order valence-corrected chi connectivity index (χ3v) is 7.23. The highest BCUT2D eigenvalue weighted by molar-refractivity contribution is 5.91. The van der Waals surface area contributed by atoms with Crippen LogP contribution in [0.5, 0.6) is 0 Å². The number of carbonyl (C=O) groups is 1. The minimum Gasteiger partial charge on any atom is -0.358 e. The summed E-state index contributed by atoms with van der Waals surface area (Å²) in [4.78, 5) is 21.3. The maximum absolute atomic E-state index is 14.8. The predicted octanol–water partition coefficient (Wildman–Crippen LogP) is 5.25. The third kappa shape index (κ3) is 5.02. The topological polar surface area (TPSA) is 98.7 Å². The summed E-state index contributed by atoms with van der Waals surface area (Å²) in [5.41, 5.74) is 1.46. The lowest BCUT2D eigenvalue weighted by Crippen LogP contribution is -2.28. The molecule has 2 fully saturated rings. The van der Waals surface area contributed by atoms with Gasteiger partial charge in [0, 0.05) is 55.2 Å². The fourth-order valence-electron chi connectivity index (χ4n) is 4.74. The molecule has 2 aliphatic carbocycles. The Kier molecular flexibility index (Phi) is 6.00. The molecule has 1 N–H and O–H groups in total. The van der Waals surface area contributed by atoms with Gasteiger partial charge in [-0.2, -0.15) is 18.3 Å². The highest BCUT2D eigenvalue weighted by atomic mass is 19.4. The first kappa shape index (κ1) is 25.2. The van der Waals surface area contributed by atoms with E-state index in [-0.39, 0.29) is 36.4 Å². The largest absolute Gasteiger partial charge is 0.401 e. The zero-order valence-corrected chi connectivity index (χ0v) is 20.9. The van der Waals surface area contributed by atoms with E-state index in [1.807, 2.05) is 17.9 Å². The first-order valence-electron chi connectivity index (χ1n) is 12.6. The number of aromatic nitrogens is 5. The van der Waals surface area contributed by atoms with Gasteiger partial charge >= 0.3 is 6.18 Å². The van der Waals surface area contributed by atoms with Gasteiger partial charge in [-0.05, 0) is 42.9 Å². The molecule has 1 amide bonds. The minimum absolute atomic E-state index is 0.0870. The fraction of sp³-hybridized carbons (Fsp3) is 0.370. The van der Waals surface area contributed by atoms with Gasteiger partial charge in [0.2, 0.25) is 5.91 Å². The van der Waals surface area contributed by atoms with Crippen LogP contribution in [-0.4, -0.2) is 37.0 Å². The number of anilines is 1. The first-order valence-corrected chi connectivity index (χ1v) is 12.6. The normalized spacial score (nSPS) is 16.3. The number of alkyl halides is 3. The van der Waals surface area contributed by atoms with E-state index < -0.39 is 23.3 Å². The molecule has 0 bridgehead atoms. The summed E-state index contributed by atoms with van der Waals surface area (Å²) < 4.78 is 61.3. The first-order chi connectivity index (χ1) is 18.6. The summed E-state index contributed by atoms with van der Waals surface area (Å²) in [5.74, 6) is -0.561. The number of halogens is 4. The lowest BCUT2D eigenvalue weighted by Gasteiger charge is -2.14. The number of nitrogens with one attached hydrogen (secondary N) is 1. The standard InChI is InChI=1S/C27H24F4N6O2/c1-37-14-18(25(35-37)15-2-3-15)9-22-32-12-19(13-33-22)16-4-5-17(20(28)8-16)10-24(38)34-23-11-21(39-36-23)26(6-7-26)27(29,30)31/h4-5,8,11-15H,2-3,6-7,9-10H2,1H3,(H,34,36,38). The van der Waals surface area contributed by atoms with Crippen molar-refractivity contribution in [1.29, 1.82) is 0 Å². The quantitative estimate of drug-likeness (QED) is 0.307. The zero-order chi connectivity index (χ0) is 27.4. The van der Waals surface area contributed by atoms with Crippen LogP contribution < -0.4 is 5.32 Å². The van der Waals surface area contributed by atoms with Gasteiger partial charge in [-0.25, -0.2) is 14.4 Å². The van der Waals surface area contributed by atoms with E-state index >= 15 is 0 Å². The van der Waals surface area contributed by atoms with Gasteiger partial charge in [0.1, 0.15) is 17.1 Å². The number of amides is 1. The van der Waals surface area contributed by atoms with E-state index in [9.17, 15) is 22.4 Å². The van der Waals surface area contributed by atoms with Crippen LogP contribution in [0.1, 0.15) is 60.0 Å². The van der Waals surface area contributed by atoms with E-state index in [2.05, 4.69) is 25.5 Å². The zero-order valence-electron chi connectivity index (χ0n) is 20.9. The molecule has 6 rings (SSSR count). The second-order valence-electron chi connectivity index (χ2n) is 10.2. The van der Waals surface area contributed by atoms with Crippen LogP contribution in [0.2, 0.25) is 0 Å². The fourth-order valence-corrected chi connectivity index (χ4v) is 4.74. The molecule has 0 spiro atoms. The summed E-state index contributed by atoms with van der Waals surface area (Å²) in [6.07, 6.45) is 3.15. The number of rotatable bonds is 8. The second kappa shape index (κ2) is 9.28. The number of hydrogen-bond acceptors (Lipinski definition) is 6. The number of hydrogen-bond donors (Lipinski definition) is 1. The molecule has 0 unspecified atom stereocenters. The molecule has 12 heteroatoms. The Bertz CT molecular complexity index is 1530. The molecule has 202 valence electrons. The number of carbonyl (C=O) groups excluding carboxylic acids is 1. The van der Waals surface area contributed by atoms with E-state index in [4.69, 9.17) is 4.52 Å². The molecule has 0 saturated heterocycles. The number of benzene rings is 1. The number of nitrogens with zero attached hydrogens (tertiary/aromatic N) is 5. The van der Waals surface area contributed by atoms with Gasteiger partial charge in [-0.3, -0.25) is 9.48 Å². The van der Waals surface area contributed by atoms with Gasteiger partial charge in [0.15, 0.2) is 11.6 Å². The minimum atomic E-state index is -4.46. The smallest absolute Gasteiger partial charge is 0.358 e. The molecule has 39 heavy (non-hydrogen) atoms. The Morgan fingerprint density at radius 1 is 1.13 bits per heavy atom.